The van der Waals surface area contributed by atoms with Gasteiger partial charge in [-0.1, -0.05) is 20.8 Å². The molecule has 0 aromatic heterocycles. The van der Waals surface area contributed by atoms with Crippen LogP contribution in [0.3, 0.4) is 0 Å². The molecule has 4 heteroatoms. The van der Waals surface area contributed by atoms with Crippen LogP contribution in [-0.2, 0) is 0 Å². The molecule has 3 atom stereocenters. The molecule has 0 saturated carbocycles. The summed E-state index contributed by atoms with van der Waals surface area (Å²) >= 11 is 0. The minimum atomic E-state index is -0.0282. The van der Waals surface area contributed by atoms with Gasteiger partial charge in [0, 0.05) is 25.7 Å². The van der Waals surface area contributed by atoms with Crippen molar-refractivity contribution < 1.29 is 4.79 Å². The van der Waals surface area contributed by atoms with Crippen LogP contribution in [0.2, 0.25) is 0 Å². The normalized spacial score (nSPS) is 25.2. The maximum absolute atomic E-state index is 11.5. The summed E-state index contributed by atoms with van der Waals surface area (Å²) in [6, 6.07) is 0.228. The third-order valence-corrected chi connectivity index (χ3v) is 4.12. The molecule has 1 heterocycles. The van der Waals surface area contributed by atoms with Crippen molar-refractivity contribution in [1.29, 1.82) is 0 Å². The molecular weight excluding hydrogens is 250 g/mol. The van der Waals surface area contributed by atoms with Crippen molar-refractivity contribution in [1.82, 2.24) is 15.5 Å². The van der Waals surface area contributed by atoms with Gasteiger partial charge >= 0.3 is 6.03 Å². The first-order valence-corrected chi connectivity index (χ1v) is 8.28. The van der Waals surface area contributed by atoms with E-state index in [0.29, 0.717) is 0 Å². The van der Waals surface area contributed by atoms with Crippen LogP contribution in [0.15, 0.2) is 0 Å². The van der Waals surface area contributed by atoms with Crippen LogP contribution in [-0.4, -0.2) is 43.2 Å². The van der Waals surface area contributed by atoms with Crippen LogP contribution in [0.25, 0.3) is 0 Å². The molecule has 3 unspecified atom stereocenters. The Morgan fingerprint density at radius 2 is 1.90 bits per heavy atom. The zero-order valence-electron chi connectivity index (χ0n) is 13.7. The SMILES string of the molecule is CCC(C)NC(=O)NCCCCN1CC(C)CC(C)C1. The predicted octanol–water partition coefficient (Wildman–Crippen LogP) is 2.84. The van der Waals surface area contributed by atoms with E-state index in [1.54, 1.807) is 0 Å². The van der Waals surface area contributed by atoms with Gasteiger partial charge in [-0.2, -0.15) is 0 Å². The molecule has 1 rings (SSSR count). The van der Waals surface area contributed by atoms with E-state index in [4.69, 9.17) is 0 Å². The maximum Gasteiger partial charge on any atom is 0.314 e. The number of nitrogens with one attached hydrogen (secondary N) is 2. The number of unbranched alkanes of at least 4 members (excludes halogenated alkanes) is 1. The van der Waals surface area contributed by atoms with Gasteiger partial charge in [0.25, 0.3) is 0 Å². The Kier molecular flexibility index (Phi) is 7.97. The van der Waals surface area contributed by atoms with E-state index < -0.39 is 0 Å². The van der Waals surface area contributed by atoms with Crippen LogP contribution in [0.4, 0.5) is 4.79 Å². The number of urea groups is 1. The third kappa shape index (κ3) is 7.13. The van der Waals surface area contributed by atoms with Crippen molar-refractivity contribution >= 4 is 6.03 Å². The molecule has 0 aromatic rings. The number of piperidine rings is 1. The van der Waals surface area contributed by atoms with Crippen molar-refractivity contribution in [2.45, 2.75) is 59.4 Å². The number of rotatable bonds is 7. The third-order valence-electron chi connectivity index (χ3n) is 4.12. The summed E-state index contributed by atoms with van der Waals surface area (Å²) in [7, 11) is 0. The van der Waals surface area contributed by atoms with Gasteiger partial charge in [-0.05, 0) is 51.0 Å². The number of hydrogen-bond acceptors (Lipinski definition) is 2. The summed E-state index contributed by atoms with van der Waals surface area (Å²) in [6.07, 6.45) is 4.57. The molecular formula is C16H33N3O. The molecule has 0 spiro atoms. The highest BCUT2D eigenvalue weighted by Gasteiger charge is 2.20. The van der Waals surface area contributed by atoms with E-state index in [-0.39, 0.29) is 12.1 Å². The van der Waals surface area contributed by atoms with Gasteiger partial charge in [-0.3, -0.25) is 0 Å². The van der Waals surface area contributed by atoms with Crippen LogP contribution in [0.5, 0.6) is 0 Å². The molecule has 0 bridgehead atoms. The average Bonchev–Trinajstić information content (AvgIpc) is 2.37. The van der Waals surface area contributed by atoms with Gasteiger partial charge in [-0.25, -0.2) is 4.79 Å². The van der Waals surface area contributed by atoms with Gasteiger partial charge < -0.3 is 15.5 Å². The first-order valence-electron chi connectivity index (χ1n) is 8.28. The van der Waals surface area contributed by atoms with E-state index in [1.165, 1.54) is 32.5 Å². The number of carbonyl (C=O) groups excluding carboxylic acids is 1. The van der Waals surface area contributed by atoms with Crippen LogP contribution in [0, 0.1) is 11.8 Å². The monoisotopic (exact) mass is 283 g/mol. The van der Waals surface area contributed by atoms with Crippen molar-refractivity contribution in [2.75, 3.05) is 26.2 Å². The number of hydrogen-bond donors (Lipinski definition) is 2. The lowest BCUT2D eigenvalue weighted by Gasteiger charge is -2.34. The Hall–Kier alpha value is -0.770. The van der Waals surface area contributed by atoms with Gasteiger partial charge in [0.05, 0.1) is 0 Å². The smallest absolute Gasteiger partial charge is 0.314 e. The molecule has 4 nitrogen and oxygen atoms in total. The Morgan fingerprint density at radius 3 is 2.50 bits per heavy atom. The lowest BCUT2D eigenvalue weighted by atomic mass is 9.92. The van der Waals surface area contributed by atoms with Crippen LogP contribution in [0.1, 0.15) is 53.4 Å². The largest absolute Gasteiger partial charge is 0.338 e. The standard InChI is InChI=1S/C16H33N3O/c1-5-15(4)18-16(20)17-8-6-7-9-19-11-13(2)10-14(3)12-19/h13-15H,5-12H2,1-4H3,(H2,17,18,20). The first-order chi connectivity index (χ1) is 9.51. The van der Waals surface area contributed by atoms with E-state index in [0.717, 1.165) is 31.2 Å². The minimum absolute atomic E-state index is 0.0282. The van der Waals surface area contributed by atoms with Crippen molar-refractivity contribution in [3.63, 3.8) is 0 Å². The number of likely N-dealkylation sites (tertiary alicyclic amines) is 1. The molecule has 0 aromatic carbocycles. The highest BCUT2D eigenvalue weighted by atomic mass is 16.2. The molecule has 2 N–H and O–H groups in total. The second kappa shape index (κ2) is 9.22. The van der Waals surface area contributed by atoms with Gasteiger partial charge in [0.1, 0.15) is 0 Å². The second-order valence-electron chi connectivity index (χ2n) is 6.62. The van der Waals surface area contributed by atoms with Crippen molar-refractivity contribution in [3.05, 3.63) is 0 Å². The zero-order chi connectivity index (χ0) is 15.0. The lowest BCUT2D eigenvalue weighted by Crippen LogP contribution is -2.41. The highest BCUT2D eigenvalue weighted by Crippen LogP contribution is 2.20. The summed E-state index contributed by atoms with van der Waals surface area (Å²) < 4.78 is 0. The molecule has 0 radical (unpaired) electrons. The molecule has 1 saturated heterocycles. The van der Waals surface area contributed by atoms with Crippen LogP contribution < -0.4 is 10.6 Å². The zero-order valence-corrected chi connectivity index (χ0v) is 13.7. The molecule has 0 aliphatic carbocycles. The Balaban J connectivity index is 2.03. The number of amides is 2. The van der Waals surface area contributed by atoms with E-state index in [2.05, 4.69) is 36.3 Å². The Bertz CT molecular complexity index is 273. The van der Waals surface area contributed by atoms with Crippen molar-refractivity contribution in [3.8, 4) is 0 Å². The van der Waals surface area contributed by atoms with Gasteiger partial charge in [0.15, 0.2) is 0 Å². The fraction of sp³-hybridized carbons (Fsp3) is 0.938. The summed E-state index contributed by atoms with van der Waals surface area (Å²) in [6.45, 7) is 13.2. The van der Waals surface area contributed by atoms with E-state index in [9.17, 15) is 4.79 Å². The average molecular weight is 283 g/mol. The Morgan fingerprint density at radius 1 is 1.25 bits per heavy atom. The quantitative estimate of drug-likeness (QED) is 0.706. The predicted molar refractivity (Wildman–Crippen MR) is 84.9 cm³/mol. The molecule has 20 heavy (non-hydrogen) atoms. The summed E-state index contributed by atoms with van der Waals surface area (Å²) in [5.74, 6) is 1.66. The molecule has 118 valence electrons. The summed E-state index contributed by atoms with van der Waals surface area (Å²) in [4.78, 5) is 14.1. The fourth-order valence-electron chi connectivity index (χ4n) is 3.01. The maximum atomic E-state index is 11.5. The number of nitrogens with zero attached hydrogens (tertiary/aromatic N) is 1. The molecule has 2 amide bonds. The Labute approximate surface area is 124 Å². The second-order valence-corrected chi connectivity index (χ2v) is 6.62. The summed E-state index contributed by atoms with van der Waals surface area (Å²) in [5, 5.41) is 5.86. The fourth-order valence-corrected chi connectivity index (χ4v) is 3.01. The highest BCUT2D eigenvalue weighted by molar-refractivity contribution is 5.74. The minimum Gasteiger partial charge on any atom is -0.338 e. The van der Waals surface area contributed by atoms with Crippen molar-refractivity contribution in [2.24, 2.45) is 11.8 Å². The van der Waals surface area contributed by atoms with E-state index in [1.807, 2.05) is 6.92 Å². The molecule has 1 aliphatic heterocycles. The van der Waals surface area contributed by atoms with Crippen LogP contribution >= 0.6 is 0 Å². The van der Waals surface area contributed by atoms with Gasteiger partial charge in [-0.15, -0.1) is 0 Å². The number of carbonyl (C=O) groups is 1. The van der Waals surface area contributed by atoms with E-state index >= 15 is 0 Å². The molecule has 1 fully saturated rings. The molecule has 1 aliphatic rings. The summed E-state index contributed by atoms with van der Waals surface area (Å²) in [5.41, 5.74) is 0. The lowest BCUT2D eigenvalue weighted by molar-refractivity contribution is 0.139. The topological polar surface area (TPSA) is 44.4 Å². The first kappa shape index (κ1) is 17.3. The van der Waals surface area contributed by atoms with Gasteiger partial charge in [0.2, 0.25) is 0 Å².